The van der Waals surface area contributed by atoms with E-state index in [0.717, 1.165) is 4.90 Å². The molecule has 27 heavy (non-hydrogen) atoms. The van der Waals surface area contributed by atoms with Crippen LogP contribution in [0.5, 0.6) is 5.75 Å². The smallest absolute Gasteiger partial charge is 0.335 e. The van der Waals surface area contributed by atoms with Crippen LogP contribution in [-0.2, 0) is 9.59 Å². The molecule has 4 amide bonds. The Morgan fingerprint density at radius 2 is 1.81 bits per heavy atom. The summed E-state index contributed by atoms with van der Waals surface area (Å²) in [6.45, 7) is 3.79. The highest BCUT2D eigenvalue weighted by Crippen LogP contribution is 2.27. The number of para-hydroxylation sites is 2. The first-order valence-electron chi connectivity index (χ1n) is 8.05. The maximum absolute atomic E-state index is 12.9. The molecule has 0 aromatic heterocycles. The number of imide groups is 2. The first kappa shape index (κ1) is 18.0. The van der Waals surface area contributed by atoms with Crippen LogP contribution in [0.4, 0.5) is 21.9 Å². The van der Waals surface area contributed by atoms with E-state index in [0.29, 0.717) is 22.8 Å². The molecular formula is C19H18N4O4. The number of benzene rings is 2. The van der Waals surface area contributed by atoms with Gasteiger partial charge in [0.05, 0.1) is 24.2 Å². The number of carbonyl (C=O) groups excluding carboxylic acids is 3. The summed E-state index contributed by atoms with van der Waals surface area (Å²) in [6, 6.07) is 12.4. The Bertz CT molecular complexity index is 924. The van der Waals surface area contributed by atoms with Crippen LogP contribution in [0, 0.1) is 5.92 Å². The molecule has 1 atom stereocenters. The van der Waals surface area contributed by atoms with E-state index < -0.39 is 23.8 Å². The number of hydrogen-bond acceptors (Lipinski definition) is 6. The lowest BCUT2D eigenvalue weighted by Gasteiger charge is -2.31. The van der Waals surface area contributed by atoms with Gasteiger partial charge < -0.3 is 15.8 Å². The van der Waals surface area contributed by atoms with Gasteiger partial charge in [-0.2, -0.15) is 0 Å². The SMILES string of the molecule is C=C(Nc1ccccc1N)C1C(=O)NC(=O)N(c2ccc(OC)cc2)C1=O. The second kappa shape index (κ2) is 7.20. The lowest BCUT2D eigenvalue weighted by Crippen LogP contribution is -2.59. The van der Waals surface area contributed by atoms with Crippen molar-refractivity contribution in [3.63, 3.8) is 0 Å². The van der Waals surface area contributed by atoms with Crippen LogP contribution in [-0.4, -0.2) is 25.0 Å². The lowest BCUT2D eigenvalue weighted by atomic mass is 10.0. The number of nitrogens with two attached hydrogens (primary N) is 1. The Morgan fingerprint density at radius 3 is 2.44 bits per heavy atom. The van der Waals surface area contributed by atoms with E-state index in [4.69, 9.17) is 10.5 Å². The summed E-state index contributed by atoms with van der Waals surface area (Å²) in [5.41, 5.74) is 7.24. The van der Waals surface area contributed by atoms with Crippen molar-refractivity contribution in [1.82, 2.24) is 5.32 Å². The van der Waals surface area contributed by atoms with Gasteiger partial charge in [0, 0.05) is 5.70 Å². The molecule has 1 unspecified atom stereocenters. The minimum atomic E-state index is -1.29. The van der Waals surface area contributed by atoms with E-state index in [1.165, 1.54) is 7.11 Å². The zero-order valence-corrected chi connectivity index (χ0v) is 14.6. The Hall–Kier alpha value is -3.81. The van der Waals surface area contributed by atoms with Crippen LogP contribution in [0.25, 0.3) is 0 Å². The van der Waals surface area contributed by atoms with Crippen molar-refractivity contribution >= 4 is 34.9 Å². The van der Waals surface area contributed by atoms with E-state index in [2.05, 4.69) is 17.2 Å². The zero-order valence-electron chi connectivity index (χ0n) is 14.6. The van der Waals surface area contributed by atoms with E-state index in [9.17, 15) is 14.4 Å². The summed E-state index contributed by atoms with van der Waals surface area (Å²) in [4.78, 5) is 38.3. The molecule has 0 bridgehead atoms. The number of methoxy groups -OCH3 is 1. The molecule has 1 aliphatic rings. The second-order valence-corrected chi connectivity index (χ2v) is 5.84. The van der Waals surface area contributed by atoms with Crippen LogP contribution >= 0.6 is 0 Å². The van der Waals surface area contributed by atoms with Gasteiger partial charge in [-0.05, 0) is 36.4 Å². The third kappa shape index (κ3) is 3.45. The van der Waals surface area contributed by atoms with Gasteiger partial charge in [-0.1, -0.05) is 18.7 Å². The number of carbonyl (C=O) groups is 3. The Balaban J connectivity index is 1.87. The van der Waals surface area contributed by atoms with E-state index in [1.54, 1.807) is 48.5 Å². The molecule has 0 radical (unpaired) electrons. The van der Waals surface area contributed by atoms with Crippen molar-refractivity contribution in [2.45, 2.75) is 0 Å². The lowest BCUT2D eigenvalue weighted by molar-refractivity contribution is -0.132. The van der Waals surface area contributed by atoms with Crippen molar-refractivity contribution in [2.75, 3.05) is 23.1 Å². The van der Waals surface area contributed by atoms with Gasteiger partial charge in [0.25, 0.3) is 5.91 Å². The van der Waals surface area contributed by atoms with Crippen LogP contribution in [0.2, 0.25) is 0 Å². The van der Waals surface area contributed by atoms with Crippen LogP contribution in [0.3, 0.4) is 0 Å². The number of barbiturate groups is 1. The number of nitrogens with one attached hydrogen (secondary N) is 2. The highest BCUT2D eigenvalue weighted by Gasteiger charge is 2.43. The first-order chi connectivity index (χ1) is 12.9. The third-order valence-electron chi connectivity index (χ3n) is 4.10. The molecule has 0 aliphatic carbocycles. The average molecular weight is 366 g/mol. The first-order valence-corrected chi connectivity index (χ1v) is 8.05. The van der Waals surface area contributed by atoms with Crippen molar-refractivity contribution in [3.05, 3.63) is 60.8 Å². The zero-order chi connectivity index (χ0) is 19.6. The van der Waals surface area contributed by atoms with Gasteiger partial charge in [-0.3, -0.25) is 14.9 Å². The maximum atomic E-state index is 12.9. The predicted octanol–water partition coefficient (Wildman–Crippen LogP) is 2.10. The number of nitrogens with zero attached hydrogens (tertiary/aromatic N) is 1. The predicted molar refractivity (Wildman–Crippen MR) is 101 cm³/mol. The summed E-state index contributed by atoms with van der Waals surface area (Å²) in [5, 5.41) is 5.07. The molecule has 0 spiro atoms. The number of urea groups is 1. The van der Waals surface area contributed by atoms with Crippen LogP contribution < -0.4 is 26.0 Å². The fourth-order valence-electron chi connectivity index (χ4n) is 2.71. The van der Waals surface area contributed by atoms with Crippen molar-refractivity contribution in [2.24, 2.45) is 5.92 Å². The van der Waals surface area contributed by atoms with E-state index in [-0.39, 0.29) is 5.70 Å². The van der Waals surface area contributed by atoms with Crippen molar-refractivity contribution in [1.29, 1.82) is 0 Å². The number of ether oxygens (including phenoxy) is 1. The number of hydrogen-bond donors (Lipinski definition) is 3. The van der Waals surface area contributed by atoms with Gasteiger partial charge in [-0.15, -0.1) is 0 Å². The molecule has 3 rings (SSSR count). The monoisotopic (exact) mass is 366 g/mol. The standard InChI is InChI=1S/C19H18N4O4/c1-11(21-15-6-4-3-5-14(15)20)16-17(24)22-19(26)23(18(16)25)12-7-9-13(27-2)10-8-12/h3-10,16,21H,1,20H2,2H3,(H,22,24,26). The van der Waals surface area contributed by atoms with Crippen molar-refractivity contribution in [3.8, 4) is 5.75 Å². The van der Waals surface area contributed by atoms with Crippen LogP contribution in [0.1, 0.15) is 0 Å². The highest BCUT2D eigenvalue weighted by molar-refractivity contribution is 6.29. The van der Waals surface area contributed by atoms with Crippen molar-refractivity contribution < 1.29 is 19.1 Å². The Kier molecular flexibility index (Phi) is 4.80. The summed E-state index contributed by atoms with van der Waals surface area (Å²) in [7, 11) is 1.51. The fraction of sp³-hybridized carbons (Fsp3) is 0.105. The van der Waals surface area contributed by atoms with E-state index >= 15 is 0 Å². The molecule has 1 aliphatic heterocycles. The molecule has 1 fully saturated rings. The molecule has 0 saturated carbocycles. The summed E-state index contributed by atoms with van der Waals surface area (Å²) in [5.74, 6) is -2.17. The minimum Gasteiger partial charge on any atom is -0.497 e. The topological polar surface area (TPSA) is 114 Å². The quantitative estimate of drug-likeness (QED) is 0.552. The Morgan fingerprint density at radius 1 is 1.15 bits per heavy atom. The largest absolute Gasteiger partial charge is 0.497 e. The van der Waals surface area contributed by atoms with E-state index in [1.807, 2.05) is 0 Å². The minimum absolute atomic E-state index is 0.112. The van der Waals surface area contributed by atoms with Gasteiger partial charge in [0.2, 0.25) is 5.91 Å². The summed E-state index contributed by atoms with van der Waals surface area (Å²) in [6.07, 6.45) is 0. The van der Waals surface area contributed by atoms with Crippen LogP contribution in [0.15, 0.2) is 60.8 Å². The Labute approximate surface area is 155 Å². The molecule has 4 N–H and O–H groups in total. The van der Waals surface area contributed by atoms with Gasteiger partial charge in [-0.25, -0.2) is 9.69 Å². The number of amides is 4. The molecule has 8 heteroatoms. The molecule has 1 saturated heterocycles. The number of anilines is 3. The summed E-state index contributed by atoms with van der Waals surface area (Å²) < 4.78 is 5.07. The fourth-order valence-corrected chi connectivity index (χ4v) is 2.71. The maximum Gasteiger partial charge on any atom is 0.335 e. The van der Waals surface area contributed by atoms with Gasteiger partial charge >= 0.3 is 6.03 Å². The molecule has 138 valence electrons. The molecular weight excluding hydrogens is 348 g/mol. The third-order valence-corrected chi connectivity index (χ3v) is 4.10. The molecule has 2 aromatic rings. The normalized spacial score (nSPS) is 16.7. The average Bonchev–Trinajstić information content (AvgIpc) is 2.64. The van der Waals surface area contributed by atoms with Gasteiger partial charge in [0.15, 0.2) is 5.92 Å². The molecule has 1 heterocycles. The second-order valence-electron chi connectivity index (χ2n) is 5.84. The molecule has 2 aromatic carbocycles. The highest BCUT2D eigenvalue weighted by atomic mass is 16.5. The van der Waals surface area contributed by atoms with Gasteiger partial charge in [0.1, 0.15) is 5.75 Å². The number of rotatable bonds is 5. The summed E-state index contributed by atoms with van der Waals surface area (Å²) >= 11 is 0. The molecule has 8 nitrogen and oxygen atoms in total. The number of nitrogen functional groups attached to an aromatic ring is 1.